The normalized spacial score (nSPS) is 10.3. The highest BCUT2D eigenvalue weighted by molar-refractivity contribution is 5.96. The first-order chi connectivity index (χ1) is 4.76. The zero-order valence-corrected chi connectivity index (χ0v) is 6.14. The van der Waals surface area contributed by atoms with Crippen LogP contribution in [0.4, 0.5) is 0 Å². The highest BCUT2D eigenvalue weighted by Crippen LogP contribution is 1.89. The maximum atomic E-state index is 10.8. The fourth-order valence-electron chi connectivity index (χ4n) is 0.502. The molecule has 0 fully saturated rings. The zero-order valence-electron chi connectivity index (χ0n) is 6.14. The monoisotopic (exact) mass is 138 g/mol. The number of nitrogens with zero attached hydrogens (tertiary/aromatic N) is 1. The smallest absolute Gasteiger partial charge is 0.261 e. The molecule has 3 nitrogen and oxygen atoms in total. The van der Waals surface area contributed by atoms with Crippen molar-refractivity contribution in [2.24, 2.45) is 0 Å². The lowest BCUT2D eigenvalue weighted by Crippen LogP contribution is -2.23. The molecule has 0 radical (unpaired) electrons. The van der Waals surface area contributed by atoms with Crippen LogP contribution in [0, 0.1) is 11.3 Å². The van der Waals surface area contributed by atoms with Crippen LogP contribution in [0.5, 0.6) is 0 Å². The van der Waals surface area contributed by atoms with E-state index in [9.17, 15) is 4.79 Å². The fraction of sp³-hybridized carbons (Fsp3) is 0.429. The lowest BCUT2D eigenvalue weighted by molar-refractivity contribution is -0.117. The molecule has 10 heavy (non-hydrogen) atoms. The molecule has 3 heteroatoms. The van der Waals surface area contributed by atoms with Gasteiger partial charge < -0.3 is 5.32 Å². The van der Waals surface area contributed by atoms with Crippen molar-refractivity contribution < 1.29 is 4.79 Å². The van der Waals surface area contributed by atoms with Gasteiger partial charge in [0.1, 0.15) is 11.6 Å². The topological polar surface area (TPSA) is 52.9 Å². The van der Waals surface area contributed by atoms with Gasteiger partial charge >= 0.3 is 0 Å². The lowest BCUT2D eigenvalue weighted by Gasteiger charge is -1.96. The predicted octanol–water partition coefficient (Wildman–Crippen LogP) is 0.592. The van der Waals surface area contributed by atoms with Gasteiger partial charge in [0.15, 0.2) is 0 Å². The number of rotatable bonds is 2. The van der Waals surface area contributed by atoms with Crippen LogP contribution in [-0.4, -0.2) is 12.5 Å². The number of carbonyl (C=O) groups excluding carboxylic acids is 1. The van der Waals surface area contributed by atoms with Gasteiger partial charge in [0.25, 0.3) is 5.91 Å². The Balaban J connectivity index is 4.08. The highest BCUT2D eigenvalue weighted by atomic mass is 16.1. The van der Waals surface area contributed by atoms with Crippen LogP contribution in [0.25, 0.3) is 0 Å². The summed E-state index contributed by atoms with van der Waals surface area (Å²) >= 11 is 0. The molecule has 0 aromatic rings. The number of nitriles is 1. The van der Waals surface area contributed by atoms with Crippen LogP contribution < -0.4 is 5.32 Å². The van der Waals surface area contributed by atoms with E-state index in [2.05, 4.69) is 5.32 Å². The van der Waals surface area contributed by atoms with E-state index in [1.165, 1.54) is 6.08 Å². The first-order valence-corrected chi connectivity index (χ1v) is 3.10. The van der Waals surface area contributed by atoms with Crippen molar-refractivity contribution in [1.82, 2.24) is 5.32 Å². The third-order valence-electron chi connectivity index (χ3n) is 0.991. The van der Waals surface area contributed by atoms with E-state index in [-0.39, 0.29) is 11.5 Å². The first kappa shape index (κ1) is 8.70. The summed E-state index contributed by atoms with van der Waals surface area (Å²) in [6.07, 6.45) is 1.49. The molecule has 54 valence electrons. The second-order valence-corrected chi connectivity index (χ2v) is 1.67. The summed E-state index contributed by atoms with van der Waals surface area (Å²) in [5.41, 5.74) is 0.168. The van der Waals surface area contributed by atoms with Gasteiger partial charge in [-0.3, -0.25) is 4.79 Å². The average molecular weight is 138 g/mol. The number of hydrogen-bond donors (Lipinski definition) is 1. The Morgan fingerprint density at radius 1 is 1.80 bits per heavy atom. The molecule has 0 rings (SSSR count). The molecule has 1 amide bonds. The van der Waals surface area contributed by atoms with Gasteiger partial charge in [-0.1, -0.05) is 6.08 Å². The van der Waals surface area contributed by atoms with Crippen LogP contribution in [0.15, 0.2) is 11.6 Å². The minimum atomic E-state index is -0.299. The molecule has 0 bridgehead atoms. The Morgan fingerprint density at radius 3 is 2.70 bits per heavy atom. The number of likely N-dealkylation sites (N-methyl/N-ethyl adjacent to an activating group) is 1. The quantitative estimate of drug-likeness (QED) is 0.448. The van der Waals surface area contributed by atoms with E-state index < -0.39 is 0 Å². The highest BCUT2D eigenvalue weighted by Gasteiger charge is 2.03. The summed E-state index contributed by atoms with van der Waals surface area (Å²) in [4.78, 5) is 10.8. The summed E-state index contributed by atoms with van der Waals surface area (Å²) in [6, 6.07) is 1.79. The Hall–Kier alpha value is -1.30. The van der Waals surface area contributed by atoms with Gasteiger partial charge in [-0.15, -0.1) is 0 Å². The molecular weight excluding hydrogens is 128 g/mol. The molecule has 0 aliphatic carbocycles. The van der Waals surface area contributed by atoms with Crippen LogP contribution in [0.3, 0.4) is 0 Å². The summed E-state index contributed by atoms with van der Waals surface area (Å²) in [7, 11) is 0. The number of nitrogens with one attached hydrogen (secondary N) is 1. The van der Waals surface area contributed by atoms with Crippen molar-refractivity contribution in [1.29, 1.82) is 5.26 Å². The van der Waals surface area contributed by atoms with Crippen LogP contribution >= 0.6 is 0 Å². The maximum Gasteiger partial charge on any atom is 0.261 e. The van der Waals surface area contributed by atoms with Crippen LogP contribution in [-0.2, 0) is 4.79 Å². The average Bonchev–Trinajstić information content (AvgIpc) is 1.91. The minimum absolute atomic E-state index is 0.168. The zero-order chi connectivity index (χ0) is 7.98. The second-order valence-electron chi connectivity index (χ2n) is 1.67. The molecule has 0 aromatic carbocycles. The number of hydrogen-bond acceptors (Lipinski definition) is 2. The number of amides is 1. The molecule has 0 heterocycles. The SMILES string of the molecule is C/C=C(/C#N)C(=O)NCC. The van der Waals surface area contributed by atoms with Crippen LogP contribution in [0.2, 0.25) is 0 Å². The number of allylic oxidation sites excluding steroid dienone is 1. The molecule has 0 atom stereocenters. The first-order valence-electron chi connectivity index (χ1n) is 3.10. The maximum absolute atomic E-state index is 10.8. The van der Waals surface area contributed by atoms with Gasteiger partial charge in [-0.05, 0) is 13.8 Å². The largest absolute Gasteiger partial charge is 0.352 e. The molecular formula is C7H10N2O. The minimum Gasteiger partial charge on any atom is -0.352 e. The van der Waals surface area contributed by atoms with Gasteiger partial charge in [0.2, 0.25) is 0 Å². The second kappa shape index (κ2) is 4.57. The Bertz CT molecular complexity index is 188. The van der Waals surface area contributed by atoms with E-state index in [1.807, 2.05) is 6.92 Å². The molecule has 0 aliphatic rings. The molecule has 0 saturated carbocycles. The standard InChI is InChI=1S/C7H10N2O/c1-3-6(5-8)7(10)9-4-2/h3H,4H2,1-2H3,(H,9,10)/b6-3-. The molecule has 1 N–H and O–H groups in total. The van der Waals surface area contributed by atoms with Crippen molar-refractivity contribution in [3.63, 3.8) is 0 Å². The summed E-state index contributed by atoms with van der Waals surface area (Å²) in [6.45, 7) is 4.02. The Morgan fingerprint density at radius 2 is 2.40 bits per heavy atom. The molecule has 0 unspecified atom stereocenters. The predicted molar refractivity (Wildman–Crippen MR) is 38.1 cm³/mol. The van der Waals surface area contributed by atoms with Gasteiger partial charge in [-0.2, -0.15) is 5.26 Å². The van der Waals surface area contributed by atoms with Crippen molar-refractivity contribution in [3.05, 3.63) is 11.6 Å². The van der Waals surface area contributed by atoms with E-state index in [0.717, 1.165) is 0 Å². The summed E-state index contributed by atoms with van der Waals surface area (Å²) in [5, 5.41) is 10.9. The molecule has 0 saturated heterocycles. The summed E-state index contributed by atoms with van der Waals surface area (Å²) < 4.78 is 0. The van der Waals surface area contributed by atoms with Crippen LogP contribution in [0.1, 0.15) is 13.8 Å². The van der Waals surface area contributed by atoms with Gasteiger partial charge in [0.05, 0.1) is 0 Å². The van der Waals surface area contributed by atoms with E-state index in [0.29, 0.717) is 6.54 Å². The third-order valence-corrected chi connectivity index (χ3v) is 0.991. The van der Waals surface area contributed by atoms with Crippen molar-refractivity contribution in [3.8, 4) is 6.07 Å². The van der Waals surface area contributed by atoms with E-state index >= 15 is 0 Å². The van der Waals surface area contributed by atoms with Gasteiger partial charge in [-0.25, -0.2) is 0 Å². The van der Waals surface area contributed by atoms with Gasteiger partial charge in [0, 0.05) is 6.54 Å². The number of carbonyl (C=O) groups is 1. The fourth-order valence-corrected chi connectivity index (χ4v) is 0.502. The Kier molecular flexibility index (Phi) is 3.97. The molecule has 0 aromatic heterocycles. The molecule has 0 spiro atoms. The lowest BCUT2D eigenvalue weighted by atomic mass is 10.2. The van der Waals surface area contributed by atoms with Crippen molar-refractivity contribution >= 4 is 5.91 Å². The van der Waals surface area contributed by atoms with E-state index in [4.69, 9.17) is 5.26 Å². The third kappa shape index (κ3) is 2.31. The van der Waals surface area contributed by atoms with E-state index in [1.54, 1.807) is 13.0 Å². The van der Waals surface area contributed by atoms with Crippen molar-refractivity contribution in [2.45, 2.75) is 13.8 Å². The van der Waals surface area contributed by atoms with Crippen molar-refractivity contribution in [2.75, 3.05) is 6.54 Å². The molecule has 0 aliphatic heterocycles. The summed E-state index contributed by atoms with van der Waals surface area (Å²) in [5.74, 6) is -0.299. The Labute approximate surface area is 60.3 Å².